The highest BCUT2D eigenvalue weighted by Gasteiger charge is 2.42. The molecule has 1 saturated carbocycles. The van der Waals surface area contributed by atoms with Crippen LogP contribution in [-0.2, 0) is 11.3 Å². The van der Waals surface area contributed by atoms with E-state index in [1.54, 1.807) is 0 Å². The van der Waals surface area contributed by atoms with Gasteiger partial charge in [0.25, 0.3) is 12.3 Å². The van der Waals surface area contributed by atoms with Gasteiger partial charge in [-0.3, -0.25) is 9.59 Å². The van der Waals surface area contributed by atoms with Crippen molar-refractivity contribution in [1.82, 2.24) is 25.6 Å². The summed E-state index contributed by atoms with van der Waals surface area (Å²) in [6.07, 6.45) is -12.5. The molecule has 2 amide bonds. The minimum absolute atomic E-state index is 0.0101. The molecule has 46 heavy (non-hydrogen) atoms. The van der Waals surface area contributed by atoms with E-state index in [0.29, 0.717) is 0 Å². The minimum atomic E-state index is -4.96. The monoisotopic (exact) mass is 705 g/mol. The molecule has 1 aromatic carbocycles. The molecule has 0 saturated heterocycles. The second-order valence-electron chi connectivity index (χ2n) is 10.3. The zero-order valence-electron chi connectivity index (χ0n) is 23.3. The van der Waals surface area contributed by atoms with Gasteiger partial charge in [0.2, 0.25) is 17.7 Å². The number of ether oxygens (including phenoxy) is 1. The molecule has 1 unspecified atom stereocenters. The van der Waals surface area contributed by atoms with Gasteiger partial charge in [0.05, 0.1) is 27.2 Å². The van der Waals surface area contributed by atoms with Gasteiger partial charge in [-0.15, -0.1) is 0 Å². The van der Waals surface area contributed by atoms with Crippen molar-refractivity contribution in [3.05, 3.63) is 39.4 Å². The second kappa shape index (κ2) is 14.0. The molecule has 252 valence electrons. The third-order valence-electron chi connectivity index (χ3n) is 7.06. The minimum Gasteiger partial charge on any atom is -0.471 e. The first kappa shape index (κ1) is 35.2. The fourth-order valence-electron chi connectivity index (χ4n) is 4.63. The van der Waals surface area contributed by atoms with Gasteiger partial charge >= 0.3 is 12.4 Å². The van der Waals surface area contributed by atoms with Crippen molar-refractivity contribution in [2.45, 2.75) is 63.1 Å². The van der Waals surface area contributed by atoms with Crippen LogP contribution in [0.2, 0.25) is 10.0 Å². The summed E-state index contributed by atoms with van der Waals surface area (Å²) in [6, 6.07) is 0.530. The summed E-state index contributed by atoms with van der Waals surface area (Å²) in [5.41, 5.74) is 4.77. The number of benzene rings is 1. The number of alkyl halides is 8. The van der Waals surface area contributed by atoms with Crippen molar-refractivity contribution in [3.8, 4) is 5.88 Å². The normalized spacial score (nSPS) is 18.0. The number of anilines is 2. The molecule has 4 rings (SSSR count). The Balaban J connectivity index is 1.55. The quantitative estimate of drug-likeness (QED) is 0.162. The molecule has 6 N–H and O–H groups in total. The summed E-state index contributed by atoms with van der Waals surface area (Å²) in [7, 11) is 0. The van der Waals surface area contributed by atoms with E-state index < -0.39 is 67.6 Å². The average Bonchev–Trinajstić information content (AvgIpc) is 3.37. The molecule has 1 atom stereocenters. The maximum atomic E-state index is 13.1. The molecule has 1 fully saturated rings. The van der Waals surface area contributed by atoms with Crippen LogP contribution in [0.15, 0.2) is 18.2 Å². The van der Waals surface area contributed by atoms with E-state index in [2.05, 4.69) is 25.6 Å². The number of pyridine rings is 1. The highest BCUT2D eigenvalue weighted by Crippen LogP contribution is 2.38. The van der Waals surface area contributed by atoms with Crippen LogP contribution < -0.4 is 26.4 Å². The Morgan fingerprint density at radius 2 is 1.74 bits per heavy atom. The maximum Gasteiger partial charge on any atom is 0.412 e. The zero-order chi connectivity index (χ0) is 34.0. The lowest BCUT2D eigenvalue weighted by Crippen LogP contribution is -2.49. The molecule has 20 heteroatoms. The van der Waals surface area contributed by atoms with Crippen LogP contribution in [0.25, 0.3) is 11.2 Å². The molecule has 1 aliphatic carbocycles. The third kappa shape index (κ3) is 8.58. The van der Waals surface area contributed by atoms with E-state index in [0.717, 1.165) is 0 Å². The van der Waals surface area contributed by atoms with Crippen molar-refractivity contribution >= 4 is 57.8 Å². The van der Waals surface area contributed by atoms with Gasteiger partial charge < -0.3 is 31.4 Å². The average molecular weight is 706 g/mol. The van der Waals surface area contributed by atoms with Crippen LogP contribution in [-0.4, -0.2) is 64.2 Å². The van der Waals surface area contributed by atoms with E-state index in [9.17, 15) is 44.7 Å². The summed E-state index contributed by atoms with van der Waals surface area (Å²) in [6.45, 7) is -1.57. The summed E-state index contributed by atoms with van der Waals surface area (Å²) in [4.78, 5) is 35.9. The zero-order valence-corrected chi connectivity index (χ0v) is 24.8. The first-order chi connectivity index (χ1) is 21.4. The number of nitrogens with one attached hydrogen (secondary N) is 4. The summed E-state index contributed by atoms with van der Waals surface area (Å²) in [5.74, 6) is -4.36. The molecular formula is C26H25Cl2F8N7O3. The van der Waals surface area contributed by atoms with E-state index in [-0.39, 0.29) is 69.7 Å². The predicted octanol–water partition coefficient (Wildman–Crippen LogP) is 6.01. The SMILES string of the molecule is NC(C(=O)NCc1ccc(Cl)c(Nc2nc3nc(OCC(F)F)c(C(=O)N[C@H]4CC[C@H](C(F)(F)F)CC4)cc3[nH]2)c1Cl)C(F)(F)F. The number of nitrogens with zero attached hydrogens (tertiary/aromatic N) is 2. The van der Waals surface area contributed by atoms with Gasteiger partial charge in [0.15, 0.2) is 18.3 Å². The Morgan fingerprint density at radius 1 is 1.07 bits per heavy atom. The topological polar surface area (TPSA) is 147 Å². The van der Waals surface area contributed by atoms with Crippen molar-refractivity contribution in [2.75, 3.05) is 11.9 Å². The highest BCUT2D eigenvalue weighted by molar-refractivity contribution is 6.39. The Hall–Kier alpha value is -3.64. The first-order valence-corrected chi connectivity index (χ1v) is 14.2. The van der Waals surface area contributed by atoms with E-state index >= 15 is 0 Å². The van der Waals surface area contributed by atoms with Crippen LogP contribution in [0, 0.1) is 5.92 Å². The van der Waals surface area contributed by atoms with Crippen molar-refractivity contribution in [3.63, 3.8) is 0 Å². The number of aromatic amines is 1. The summed E-state index contributed by atoms with van der Waals surface area (Å²) < 4.78 is 108. The number of amides is 2. The lowest BCUT2D eigenvalue weighted by Gasteiger charge is -2.30. The fraction of sp³-hybridized carbons (Fsp3) is 0.462. The number of carbonyl (C=O) groups excluding carboxylic acids is 2. The largest absolute Gasteiger partial charge is 0.471 e. The van der Waals surface area contributed by atoms with E-state index in [1.165, 1.54) is 18.2 Å². The van der Waals surface area contributed by atoms with Crippen LogP contribution in [0.1, 0.15) is 41.6 Å². The van der Waals surface area contributed by atoms with E-state index in [4.69, 9.17) is 33.7 Å². The van der Waals surface area contributed by atoms with E-state index in [1.807, 2.05) is 5.32 Å². The predicted molar refractivity (Wildman–Crippen MR) is 150 cm³/mol. The van der Waals surface area contributed by atoms with Gasteiger partial charge in [-0.25, -0.2) is 8.78 Å². The summed E-state index contributed by atoms with van der Waals surface area (Å²) in [5, 5.41) is 7.32. The van der Waals surface area contributed by atoms with Crippen molar-refractivity contribution in [2.24, 2.45) is 11.7 Å². The molecule has 0 spiro atoms. The number of carbonyl (C=O) groups is 2. The maximum absolute atomic E-state index is 13.1. The number of nitrogens with two attached hydrogens (primary N) is 1. The van der Waals surface area contributed by atoms with Crippen molar-refractivity contribution < 1.29 is 49.4 Å². The number of hydrogen-bond acceptors (Lipinski definition) is 7. The number of halogens is 10. The van der Waals surface area contributed by atoms with Gasteiger partial charge in [-0.05, 0) is 43.4 Å². The number of rotatable bonds is 10. The number of fused-ring (bicyclic) bond motifs is 1. The molecule has 1 aliphatic rings. The molecule has 2 aromatic heterocycles. The van der Waals surface area contributed by atoms with Crippen molar-refractivity contribution in [1.29, 1.82) is 0 Å². The molecule has 2 heterocycles. The third-order valence-corrected chi connectivity index (χ3v) is 7.80. The molecule has 0 aliphatic heterocycles. The molecule has 0 bridgehead atoms. The number of aromatic nitrogens is 3. The number of imidazole rings is 1. The number of H-pyrrole nitrogens is 1. The Labute approximate surface area is 264 Å². The standard InChI is InChI=1S/C26H25Cl2F8N7O3/c27-14-6-1-10(8-38-22(45)19(37)26(34,35)36)17(28)18(14)41-24-40-15-7-13(23(42-20(15)43-24)46-9-16(29)30)21(44)39-12-4-2-11(3-5-12)25(31,32)33/h1,6-7,11-12,16,19H,2-5,8-9,37H2,(H,38,45)(H,39,44)(H2,40,41,42,43)/t11-,12-,19?. The molecular weight excluding hydrogens is 681 g/mol. The van der Waals surface area contributed by atoms with Gasteiger partial charge in [0, 0.05) is 12.6 Å². The second-order valence-corrected chi connectivity index (χ2v) is 11.1. The Kier molecular flexibility index (Phi) is 10.7. The highest BCUT2D eigenvalue weighted by atomic mass is 35.5. The lowest BCUT2D eigenvalue weighted by atomic mass is 9.85. The van der Waals surface area contributed by atoms with Crippen LogP contribution in [0.4, 0.5) is 46.8 Å². The Morgan fingerprint density at radius 3 is 2.35 bits per heavy atom. The molecule has 10 nitrogen and oxygen atoms in total. The lowest BCUT2D eigenvalue weighted by molar-refractivity contribution is -0.182. The number of hydrogen-bond donors (Lipinski definition) is 5. The van der Waals surface area contributed by atoms with Gasteiger partial charge in [0.1, 0.15) is 5.56 Å². The van der Waals surface area contributed by atoms with Gasteiger partial charge in [-0.2, -0.15) is 36.3 Å². The molecule has 3 aromatic rings. The first-order valence-electron chi connectivity index (χ1n) is 13.5. The fourth-order valence-corrected chi connectivity index (χ4v) is 5.17. The smallest absolute Gasteiger partial charge is 0.412 e. The molecule has 0 radical (unpaired) electrons. The Bertz CT molecular complexity index is 1580. The summed E-state index contributed by atoms with van der Waals surface area (Å²) >= 11 is 12.6. The van der Waals surface area contributed by atoms with Crippen LogP contribution >= 0.6 is 23.2 Å². The van der Waals surface area contributed by atoms with Gasteiger partial charge in [-0.1, -0.05) is 29.3 Å². The van der Waals surface area contributed by atoms with Crippen LogP contribution in [0.3, 0.4) is 0 Å². The van der Waals surface area contributed by atoms with Crippen LogP contribution in [0.5, 0.6) is 5.88 Å².